The van der Waals surface area contributed by atoms with Gasteiger partial charge in [-0.05, 0) is 12.5 Å². The topological polar surface area (TPSA) is 9.23 Å². The Morgan fingerprint density at radius 3 is 2.33 bits per heavy atom. The van der Waals surface area contributed by atoms with Crippen LogP contribution >= 0.6 is 0 Å². The first-order valence-electron chi connectivity index (χ1n) is 5.24. The summed E-state index contributed by atoms with van der Waals surface area (Å²) in [7, 11) is -1.01. The molecule has 1 rings (SSSR count). The molecule has 2 heteroatoms. The quantitative estimate of drug-likeness (QED) is 0.613. The third-order valence-corrected chi connectivity index (χ3v) is 6.87. The fourth-order valence-electron chi connectivity index (χ4n) is 2.19. The first kappa shape index (κ1) is 10.3. The Balaban J connectivity index is 2.34. The van der Waals surface area contributed by atoms with E-state index in [1.54, 1.807) is 0 Å². The predicted octanol–water partition coefficient (Wildman–Crippen LogP) is 3.21. The molecule has 0 aromatic rings. The van der Waals surface area contributed by atoms with Crippen LogP contribution in [-0.2, 0) is 4.74 Å². The van der Waals surface area contributed by atoms with Crippen LogP contribution in [0.2, 0.25) is 18.6 Å². The monoisotopic (exact) mass is 186 g/mol. The van der Waals surface area contributed by atoms with E-state index in [0.717, 1.165) is 18.4 Å². The van der Waals surface area contributed by atoms with Crippen LogP contribution in [0.3, 0.4) is 0 Å². The summed E-state index contributed by atoms with van der Waals surface area (Å²) in [4.78, 5) is 0. The van der Waals surface area contributed by atoms with E-state index in [4.69, 9.17) is 4.74 Å². The molecule has 0 atom stereocenters. The fraction of sp³-hybridized carbons (Fsp3) is 1.00. The van der Waals surface area contributed by atoms with Crippen molar-refractivity contribution >= 4 is 8.07 Å². The number of ether oxygens (including phenoxy) is 1. The van der Waals surface area contributed by atoms with Crippen molar-refractivity contribution in [1.29, 1.82) is 0 Å². The average Bonchev–Trinajstić information content (AvgIpc) is 2.53. The van der Waals surface area contributed by atoms with Gasteiger partial charge in [0, 0.05) is 12.8 Å². The zero-order chi connectivity index (χ0) is 9.03. The molecule has 0 amide bonds. The lowest BCUT2D eigenvalue weighted by atomic mass is 10.4. The van der Waals surface area contributed by atoms with Crippen molar-refractivity contribution < 1.29 is 4.74 Å². The maximum absolute atomic E-state index is 5.57. The van der Waals surface area contributed by atoms with Gasteiger partial charge in [-0.1, -0.05) is 38.8 Å². The highest BCUT2D eigenvalue weighted by Crippen LogP contribution is 2.38. The minimum Gasteiger partial charge on any atom is -0.385 e. The van der Waals surface area contributed by atoms with Crippen LogP contribution in [0.15, 0.2) is 0 Å². The molecule has 0 bridgehead atoms. The lowest BCUT2D eigenvalue weighted by molar-refractivity contribution is 0.187. The Hall–Kier alpha value is 0.177. The van der Waals surface area contributed by atoms with Gasteiger partial charge in [-0.3, -0.25) is 0 Å². The van der Waals surface area contributed by atoms with Crippen molar-refractivity contribution in [3.63, 3.8) is 0 Å². The Kier molecular flexibility index (Phi) is 3.78. The molecular weight excluding hydrogens is 164 g/mol. The van der Waals surface area contributed by atoms with Crippen LogP contribution in [0.4, 0.5) is 0 Å². The zero-order valence-corrected chi connectivity index (χ0v) is 9.73. The molecule has 1 aliphatic rings. The molecule has 0 saturated heterocycles. The number of hydrogen-bond acceptors (Lipinski definition) is 1. The molecule has 1 nitrogen and oxygen atoms in total. The van der Waals surface area contributed by atoms with Crippen LogP contribution in [0.1, 0.15) is 32.6 Å². The van der Waals surface area contributed by atoms with E-state index in [2.05, 4.69) is 20.0 Å². The van der Waals surface area contributed by atoms with Crippen molar-refractivity contribution in [2.24, 2.45) is 0 Å². The summed E-state index contributed by atoms with van der Waals surface area (Å²) >= 11 is 0. The van der Waals surface area contributed by atoms with Gasteiger partial charge < -0.3 is 4.74 Å². The molecule has 0 aliphatic heterocycles. The van der Waals surface area contributed by atoms with E-state index < -0.39 is 8.07 Å². The van der Waals surface area contributed by atoms with E-state index in [1.165, 1.54) is 25.7 Å². The summed E-state index contributed by atoms with van der Waals surface area (Å²) in [5.74, 6) is 0. The summed E-state index contributed by atoms with van der Waals surface area (Å²) in [6.45, 7) is 7.96. The largest absolute Gasteiger partial charge is 0.385 e. The Morgan fingerprint density at radius 1 is 1.25 bits per heavy atom. The van der Waals surface area contributed by atoms with E-state index in [1.807, 2.05) is 0 Å². The van der Waals surface area contributed by atoms with Crippen molar-refractivity contribution in [3.05, 3.63) is 0 Å². The van der Waals surface area contributed by atoms with Gasteiger partial charge in [0.25, 0.3) is 0 Å². The maximum atomic E-state index is 5.57. The van der Waals surface area contributed by atoms with Gasteiger partial charge in [-0.15, -0.1) is 0 Å². The molecule has 1 saturated carbocycles. The van der Waals surface area contributed by atoms with Crippen LogP contribution in [0.25, 0.3) is 0 Å². The SMILES string of the molecule is CCOC[Si](C)(C)C1CCCC1. The van der Waals surface area contributed by atoms with Gasteiger partial charge in [0.2, 0.25) is 0 Å². The van der Waals surface area contributed by atoms with Gasteiger partial charge in [0.1, 0.15) is 0 Å². The average molecular weight is 186 g/mol. The molecule has 0 heterocycles. The Labute approximate surface area is 77.5 Å². The molecular formula is C10H22OSi. The normalized spacial score (nSPS) is 20.2. The van der Waals surface area contributed by atoms with E-state index in [9.17, 15) is 0 Å². The molecule has 0 N–H and O–H groups in total. The van der Waals surface area contributed by atoms with Crippen LogP contribution in [0, 0.1) is 0 Å². The summed E-state index contributed by atoms with van der Waals surface area (Å²) < 4.78 is 5.57. The lowest BCUT2D eigenvalue weighted by Crippen LogP contribution is -2.37. The van der Waals surface area contributed by atoms with Crippen molar-refractivity contribution in [2.45, 2.75) is 51.2 Å². The molecule has 0 aromatic carbocycles. The summed E-state index contributed by atoms with van der Waals surface area (Å²) in [5.41, 5.74) is 1.05. The molecule has 0 aromatic heterocycles. The van der Waals surface area contributed by atoms with Crippen LogP contribution in [-0.4, -0.2) is 20.9 Å². The molecule has 12 heavy (non-hydrogen) atoms. The van der Waals surface area contributed by atoms with Gasteiger partial charge >= 0.3 is 0 Å². The summed E-state index contributed by atoms with van der Waals surface area (Å²) in [6.07, 6.45) is 6.97. The molecule has 1 fully saturated rings. The second-order valence-electron chi connectivity index (χ2n) is 4.61. The van der Waals surface area contributed by atoms with Crippen LogP contribution < -0.4 is 0 Å². The molecule has 0 radical (unpaired) electrons. The second-order valence-corrected chi connectivity index (χ2v) is 9.69. The minimum atomic E-state index is -1.01. The summed E-state index contributed by atoms with van der Waals surface area (Å²) in [6, 6.07) is 0. The highest BCUT2D eigenvalue weighted by atomic mass is 28.3. The van der Waals surface area contributed by atoms with Gasteiger partial charge in [-0.25, -0.2) is 0 Å². The standard InChI is InChI=1S/C10H22OSi/c1-4-11-9-12(2,3)10-7-5-6-8-10/h10H,4-9H2,1-3H3. The third kappa shape index (κ3) is 2.59. The Morgan fingerprint density at radius 2 is 1.83 bits per heavy atom. The maximum Gasteiger partial charge on any atom is 0.0806 e. The number of rotatable bonds is 4. The molecule has 0 unspecified atom stereocenters. The van der Waals surface area contributed by atoms with Crippen LogP contribution in [0.5, 0.6) is 0 Å². The predicted molar refractivity (Wildman–Crippen MR) is 56.2 cm³/mol. The molecule has 1 aliphatic carbocycles. The lowest BCUT2D eigenvalue weighted by Gasteiger charge is -2.28. The van der Waals surface area contributed by atoms with Gasteiger partial charge in [-0.2, -0.15) is 0 Å². The van der Waals surface area contributed by atoms with Gasteiger partial charge in [0.15, 0.2) is 0 Å². The van der Waals surface area contributed by atoms with Gasteiger partial charge in [0.05, 0.1) is 8.07 Å². The molecule has 0 spiro atoms. The minimum absolute atomic E-state index is 0.892. The van der Waals surface area contributed by atoms with Crippen molar-refractivity contribution in [2.75, 3.05) is 12.8 Å². The highest BCUT2D eigenvalue weighted by Gasteiger charge is 2.33. The van der Waals surface area contributed by atoms with E-state index in [0.29, 0.717) is 0 Å². The zero-order valence-electron chi connectivity index (χ0n) is 8.73. The first-order chi connectivity index (χ1) is 5.67. The highest BCUT2D eigenvalue weighted by molar-refractivity contribution is 6.78. The van der Waals surface area contributed by atoms with E-state index in [-0.39, 0.29) is 0 Å². The third-order valence-electron chi connectivity index (χ3n) is 3.14. The first-order valence-corrected chi connectivity index (χ1v) is 8.53. The van der Waals surface area contributed by atoms with E-state index >= 15 is 0 Å². The smallest absolute Gasteiger partial charge is 0.0806 e. The Bertz CT molecular complexity index is 128. The fourth-order valence-corrected chi connectivity index (χ4v) is 5.13. The molecule has 72 valence electrons. The summed E-state index contributed by atoms with van der Waals surface area (Å²) in [5, 5.41) is 0. The number of hydrogen-bond donors (Lipinski definition) is 0. The van der Waals surface area contributed by atoms with Crippen molar-refractivity contribution in [3.8, 4) is 0 Å². The van der Waals surface area contributed by atoms with Crippen molar-refractivity contribution in [1.82, 2.24) is 0 Å². The second kappa shape index (κ2) is 4.42.